The molecule has 0 fully saturated rings. The number of thiophene rings is 1. The van der Waals surface area contributed by atoms with Gasteiger partial charge >= 0.3 is 0 Å². The maximum Gasteiger partial charge on any atom is 0.0755 e. The molecule has 0 aliphatic heterocycles. The lowest BCUT2D eigenvalue weighted by Crippen LogP contribution is -2.30. The van der Waals surface area contributed by atoms with E-state index in [1.54, 1.807) is 18.4 Å². The minimum atomic E-state index is 0.771. The number of likely N-dealkylation sites (N-methyl/N-ethyl adjacent to an activating group) is 1. The summed E-state index contributed by atoms with van der Waals surface area (Å²) in [4.78, 5) is 2.30. The molecule has 1 aromatic rings. The average molecular weight is 386 g/mol. The molecule has 0 saturated heterocycles. The minimum Gasteiger partial charge on any atom is -0.383 e. The molecule has 0 aromatic carbocycles. The van der Waals surface area contributed by atoms with Crippen LogP contribution >= 0.6 is 43.2 Å². The Morgan fingerprint density at radius 2 is 2.18 bits per heavy atom. The molecule has 0 atom stereocenters. The Bertz CT molecular complexity index is 333. The molecule has 1 heterocycles. The van der Waals surface area contributed by atoms with E-state index >= 15 is 0 Å². The van der Waals surface area contributed by atoms with Crippen molar-refractivity contribution in [3.8, 4) is 0 Å². The van der Waals surface area contributed by atoms with Gasteiger partial charge in [-0.3, -0.25) is 0 Å². The Balaban J connectivity index is 2.20. The molecule has 0 saturated carbocycles. The molecule has 1 aromatic heterocycles. The molecule has 0 unspecified atom stereocenters. The summed E-state index contributed by atoms with van der Waals surface area (Å²) in [6.45, 7) is 4.67. The maximum absolute atomic E-state index is 4.98. The standard InChI is InChI=1S/C11H18Br2N2OS/c1-15(5-3-14-4-6-16-2)8-9-7-10(12)17-11(9)13/h7,14H,3-6,8H2,1-2H3. The van der Waals surface area contributed by atoms with Crippen LogP contribution in [0.1, 0.15) is 5.56 Å². The largest absolute Gasteiger partial charge is 0.383 e. The van der Waals surface area contributed by atoms with Crippen LogP contribution in [0.3, 0.4) is 0 Å². The zero-order chi connectivity index (χ0) is 12.7. The van der Waals surface area contributed by atoms with Crippen molar-refractivity contribution in [2.45, 2.75) is 6.54 Å². The van der Waals surface area contributed by atoms with Crippen LogP contribution in [0.4, 0.5) is 0 Å². The second-order valence-corrected chi connectivity index (χ2v) is 7.58. The van der Waals surface area contributed by atoms with E-state index in [2.05, 4.69) is 55.2 Å². The summed E-state index contributed by atoms with van der Waals surface area (Å²) < 4.78 is 7.36. The van der Waals surface area contributed by atoms with E-state index in [1.807, 2.05) is 0 Å². The maximum atomic E-state index is 4.98. The lowest BCUT2D eigenvalue weighted by Gasteiger charge is -2.16. The van der Waals surface area contributed by atoms with Gasteiger partial charge < -0.3 is 15.0 Å². The highest BCUT2D eigenvalue weighted by molar-refractivity contribution is 9.12. The van der Waals surface area contributed by atoms with E-state index in [0.29, 0.717) is 0 Å². The van der Waals surface area contributed by atoms with Gasteiger partial charge in [0.2, 0.25) is 0 Å². The summed E-state index contributed by atoms with van der Waals surface area (Å²) in [7, 11) is 3.86. The van der Waals surface area contributed by atoms with Crippen molar-refractivity contribution in [3.63, 3.8) is 0 Å². The Labute approximate surface area is 124 Å². The van der Waals surface area contributed by atoms with Gasteiger partial charge in [0.1, 0.15) is 0 Å². The first kappa shape index (κ1) is 15.6. The normalized spacial score (nSPS) is 11.4. The van der Waals surface area contributed by atoms with Crippen LogP contribution in [-0.4, -0.2) is 45.3 Å². The third kappa shape index (κ3) is 6.31. The Morgan fingerprint density at radius 1 is 1.41 bits per heavy atom. The highest BCUT2D eigenvalue weighted by atomic mass is 79.9. The molecular formula is C11H18Br2N2OS. The van der Waals surface area contributed by atoms with Gasteiger partial charge in [-0.2, -0.15) is 0 Å². The molecule has 6 heteroatoms. The van der Waals surface area contributed by atoms with Crippen molar-refractivity contribution >= 4 is 43.2 Å². The van der Waals surface area contributed by atoms with Crippen molar-refractivity contribution < 1.29 is 4.74 Å². The fourth-order valence-corrected chi connectivity index (χ4v) is 4.22. The summed E-state index contributed by atoms with van der Waals surface area (Å²) >= 11 is 8.80. The molecule has 0 amide bonds. The topological polar surface area (TPSA) is 24.5 Å². The monoisotopic (exact) mass is 384 g/mol. The second kappa shape index (κ2) is 8.61. The number of nitrogens with zero attached hydrogens (tertiary/aromatic N) is 1. The number of rotatable bonds is 8. The van der Waals surface area contributed by atoms with Gasteiger partial charge in [0, 0.05) is 33.3 Å². The third-order valence-electron chi connectivity index (χ3n) is 2.32. The van der Waals surface area contributed by atoms with Gasteiger partial charge in [-0.05, 0) is 50.5 Å². The highest BCUT2D eigenvalue weighted by Crippen LogP contribution is 2.32. The van der Waals surface area contributed by atoms with Gasteiger partial charge in [-0.15, -0.1) is 11.3 Å². The number of halogens is 2. The molecule has 0 spiro atoms. The van der Waals surface area contributed by atoms with Crippen LogP contribution < -0.4 is 5.32 Å². The number of hydrogen-bond acceptors (Lipinski definition) is 4. The van der Waals surface area contributed by atoms with E-state index < -0.39 is 0 Å². The predicted molar refractivity (Wildman–Crippen MR) is 80.8 cm³/mol. The number of methoxy groups -OCH3 is 1. The summed E-state index contributed by atoms with van der Waals surface area (Å²) in [5, 5.41) is 3.34. The van der Waals surface area contributed by atoms with Crippen LogP contribution in [0, 0.1) is 0 Å². The van der Waals surface area contributed by atoms with Gasteiger partial charge in [0.25, 0.3) is 0 Å². The van der Waals surface area contributed by atoms with Gasteiger partial charge in [-0.25, -0.2) is 0 Å². The van der Waals surface area contributed by atoms with E-state index in [0.717, 1.165) is 32.8 Å². The molecule has 0 bridgehead atoms. The smallest absolute Gasteiger partial charge is 0.0755 e. The van der Waals surface area contributed by atoms with E-state index in [4.69, 9.17) is 4.74 Å². The summed E-state index contributed by atoms with van der Waals surface area (Å²) in [5.74, 6) is 0. The van der Waals surface area contributed by atoms with Gasteiger partial charge in [0.15, 0.2) is 0 Å². The minimum absolute atomic E-state index is 0.771. The van der Waals surface area contributed by atoms with Gasteiger partial charge in [0.05, 0.1) is 14.2 Å². The first-order chi connectivity index (χ1) is 8.13. The zero-order valence-corrected chi connectivity index (χ0v) is 14.1. The molecule has 3 nitrogen and oxygen atoms in total. The molecule has 0 radical (unpaired) electrons. The summed E-state index contributed by atoms with van der Waals surface area (Å²) in [5.41, 5.74) is 1.33. The Hall–Kier alpha value is 0.540. The average Bonchev–Trinajstić information content (AvgIpc) is 2.57. The molecule has 1 N–H and O–H groups in total. The predicted octanol–water partition coefficient (Wildman–Crippen LogP) is 2.94. The fraction of sp³-hybridized carbons (Fsp3) is 0.636. The first-order valence-electron chi connectivity index (χ1n) is 5.45. The first-order valence-corrected chi connectivity index (χ1v) is 7.85. The second-order valence-electron chi connectivity index (χ2n) is 3.83. The van der Waals surface area contributed by atoms with Crippen molar-refractivity contribution in [2.24, 2.45) is 0 Å². The van der Waals surface area contributed by atoms with E-state index in [-0.39, 0.29) is 0 Å². The Morgan fingerprint density at radius 3 is 2.76 bits per heavy atom. The van der Waals surface area contributed by atoms with Gasteiger partial charge in [-0.1, -0.05) is 0 Å². The van der Waals surface area contributed by atoms with Crippen LogP contribution in [0.2, 0.25) is 0 Å². The number of ether oxygens (including phenoxy) is 1. The molecule has 0 aliphatic rings. The quantitative estimate of drug-likeness (QED) is 0.696. The number of hydrogen-bond donors (Lipinski definition) is 1. The lowest BCUT2D eigenvalue weighted by molar-refractivity contribution is 0.197. The van der Waals surface area contributed by atoms with E-state index in [9.17, 15) is 0 Å². The van der Waals surface area contributed by atoms with Crippen molar-refractivity contribution in [1.82, 2.24) is 10.2 Å². The van der Waals surface area contributed by atoms with Crippen LogP contribution in [0.5, 0.6) is 0 Å². The van der Waals surface area contributed by atoms with Crippen molar-refractivity contribution in [1.29, 1.82) is 0 Å². The zero-order valence-electron chi connectivity index (χ0n) is 10.1. The molecule has 17 heavy (non-hydrogen) atoms. The molecular weight excluding hydrogens is 368 g/mol. The lowest BCUT2D eigenvalue weighted by atomic mass is 10.3. The molecule has 98 valence electrons. The fourth-order valence-electron chi connectivity index (χ4n) is 1.42. The SMILES string of the molecule is COCCNCCN(C)Cc1cc(Br)sc1Br. The highest BCUT2D eigenvalue weighted by Gasteiger charge is 2.07. The van der Waals surface area contributed by atoms with E-state index in [1.165, 1.54) is 13.1 Å². The molecule has 0 aliphatic carbocycles. The molecule has 1 rings (SSSR count). The van der Waals surface area contributed by atoms with Crippen molar-refractivity contribution in [3.05, 3.63) is 19.2 Å². The van der Waals surface area contributed by atoms with Crippen LogP contribution in [0.25, 0.3) is 0 Å². The Kier molecular flexibility index (Phi) is 7.90. The van der Waals surface area contributed by atoms with Crippen LogP contribution in [0.15, 0.2) is 13.6 Å². The summed E-state index contributed by atoms with van der Waals surface area (Å²) in [6.07, 6.45) is 0. The number of nitrogens with one attached hydrogen (secondary N) is 1. The third-order valence-corrected chi connectivity index (χ3v) is 4.78. The van der Waals surface area contributed by atoms with Crippen molar-refractivity contribution in [2.75, 3.05) is 40.4 Å². The summed E-state index contributed by atoms with van der Waals surface area (Å²) in [6, 6.07) is 2.17. The van der Waals surface area contributed by atoms with Crippen LogP contribution in [-0.2, 0) is 11.3 Å².